The molecule has 0 aliphatic carbocycles. The highest BCUT2D eigenvalue weighted by Crippen LogP contribution is 2.33. The average Bonchev–Trinajstić information content (AvgIpc) is 2.41. The maximum Gasteiger partial charge on any atom is 0.0631 e. The highest BCUT2D eigenvalue weighted by Gasteiger charge is 2.33. The molecule has 2 heteroatoms. The first-order chi connectivity index (χ1) is 6.44. The molecule has 1 aliphatic heterocycles. The molecule has 0 spiro atoms. The molecule has 2 N–H and O–H groups in total. The molecule has 1 saturated heterocycles. The molecule has 0 aromatic rings. The van der Waals surface area contributed by atoms with E-state index >= 15 is 0 Å². The summed E-state index contributed by atoms with van der Waals surface area (Å²) >= 11 is 0. The van der Waals surface area contributed by atoms with Gasteiger partial charge in [0.1, 0.15) is 0 Å². The van der Waals surface area contributed by atoms with Crippen LogP contribution in [0.3, 0.4) is 0 Å². The minimum atomic E-state index is 0.0980. The molecule has 0 aromatic carbocycles. The Morgan fingerprint density at radius 3 is 2.43 bits per heavy atom. The predicted molar refractivity (Wildman–Crippen MR) is 60.2 cm³/mol. The Morgan fingerprint density at radius 1 is 1.43 bits per heavy atom. The lowest BCUT2D eigenvalue weighted by molar-refractivity contribution is -0.0265. The van der Waals surface area contributed by atoms with Crippen molar-refractivity contribution in [2.75, 3.05) is 6.54 Å². The zero-order valence-corrected chi connectivity index (χ0v) is 10.0. The lowest BCUT2D eigenvalue weighted by atomic mass is 9.89. The van der Waals surface area contributed by atoms with Gasteiger partial charge in [0.15, 0.2) is 0 Å². The minimum Gasteiger partial charge on any atom is -0.372 e. The maximum atomic E-state index is 5.98. The summed E-state index contributed by atoms with van der Waals surface area (Å²) < 4.78 is 5.98. The molecule has 1 rings (SSSR count). The van der Waals surface area contributed by atoms with Crippen molar-refractivity contribution in [3.63, 3.8) is 0 Å². The summed E-state index contributed by atoms with van der Waals surface area (Å²) in [6, 6.07) is 0. The second-order valence-corrected chi connectivity index (χ2v) is 5.51. The van der Waals surface area contributed by atoms with E-state index in [9.17, 15) is 0 Å². The number of ether oxygens (including phenoxy) is 1. The molecule has 0 radical (unpaired) electrons. The first-order valence-corrected chi connectivity index (χ1v) is 5.82. The van der Waals surface area contributed by atoms with Crippen molar-refractivity contribution >= 4 is 0 Å². The van der Waals surface area contributed by atoms with Gasteiger partial charge in [-0.25, -0.2) is 0 Å². The summed E-state index contributed by atoms with van der Waals surface area (Å²) in [6.07, 6.45) is 3.97. The Morgan fingerprint density at radius 2 is 2.07 bits per heavy atom. The van der Waals surface area contributed by atoms with Gasteiger partial charge in [0.25, 0.3) is 0 Å². The Bertz CT molecular complexity index is 177. The Hall–Kier alpha value is -0.0800. The zero-order valence-electron chi connectivity index (χ0n) is 10.0. The molecule has 0 bridgehead atoms. The van der Waals surface area contributed by atoms with E-state index in [0.717, 1.165) is 13.0 Å². The van der Waals surface area contributed by atoms with E-state index in [0.29, 0.717) is 17.9 Å². The number of nitrogens with two attached hydrogens (primary N) is 1. The summed E-state index contributed by atoms with van der Waals surface area (Å²) in [4.78, 5) is 0. The van der Waals surface area contributed by atoms with Crippen molar-refractivity contribution in [3.05, 3.63) is 0 Å². The van der Waals surface area contributed by atoms with Gasteiger partial charge < -0.3 is 10.5 Å². The van der Waals surface area contributed by atoms with Gasteiger partial charge in [0.05, 0.1) is 11.7 Å². The summed E-state index contributed by atoms with van der Waals surface area (Å²) in [5, 5.41) is 0. The maximum absolute atomic E-state index is 5.98. The predicted octanol–water partition coefficient (Wildman–Crippen LogP) is 2.57. The molecular formula is C12H25NO. The van der Waals surface area contributed by atoms with Crippen LogP contribution in [0.15, 0.2) is 0 Å². The van der Waals surface area contributed by atoms with Crippen LogP contribution >= 0.6 is 0 Å². The molecule has 0 aromatic heterocycles. The van der Waals surface area contributed by atoms with Gasteiger partial charge >= 0.3 is 0 Å². The molecule has 1 fully saturated rings. The minimum absolute atomic E-state index is 0.0980. The van der Waals surface area contributed by atoms with Gasteiger partial charge in [-0.15, -0.1) is 0 Å². The Balaban J connectivity index is 2.38. The third kappa shape index (κ3) is 3.25. The topological polar surface area (TPSA) is 35.2 Å². The van der Waals surface area contributed by atoms with Crippen molar-refractivity contribution in [2.24, 2.45) is 17.6 Å². The van der Waals surface area contributed by atoms with Gasteiger partial charge in [-0.3, -0.25) is 0 Å². The first-order valence-electron chi connectivity index (χ1n) is 5.82. The van der Waals surface area contributed by atoms with Crippen LogP contribution in [0.2, 0.25) is 0 Å². The van der Waals surface area contributed by atoms with Crippen molar-refractivity contribution in [2.45, 2.75) is 58.7 Å². The molecule has 1 heterocycles. The Labute approximate surface area is 88.2 Å². The van der Waals surface area contributed by atoms with Crippen molar-refractivity contribution in [1.82, 2.24) is 0 Å². The normalized spacial score (nSPS) is 28.3. The van der Waals surface area contributed by atoms with E-state index in [1.54, 1.807) is 0 Å². The number of hydrogen-bond donors (Lipinski definition) is 1. The van der Waals surface area contributed by atoms with Gasteiger partial charge in [-0.2, -0.15) is 0 Å². The molecule has 14 heavy (non-hydrogen) atoms. The van der Waals surface area contributed by atoms with Gasteiger partial charge in [0.2, 0.25) is 0 Å². The fraction of sp³-hybridized carbons (Fsp3) is 1.00. The molecule has 2 nitrogen and oxygen atoms in total. The van der Waals surface area contributed by atoms with E-state index < -0.39 is 0 Å². The summed E-state index contributed by atoms with van der Waals surface area (Å²) in [6.45, 7) is 9.65. The van der Waals surface area contributed by atoms with E-state index in [1.807, 2.05) is 0 Å². The molecule has 2 unspecified atom stereocenters. The van der Waals surface area contributed by atoms with Crippen LogP contribution in [0.25, 0.3) is 0 Å². The van der Waals surface area contributed by atoms with Gasteiger partial charge in [0, 0.05) is 0 Å². The molecule has 0 saturated carbocycles. The van der Waals surface area contributed by atoms with E-state index in [2.05, 4.69) is 27.7 Å². The van der Waals surface area contributed by atoms with Crippen LogP contribution in [0, 0.1) is 11.8 Å². The second kappa shape index (κ2) is 4.63. The smallest absolute Gasteiger partial charge is 0.0631 e. The number of hydrogen-bond acceptors (Lipinski definition) is 2. The van der Waals surface area contributed by atoms with E-state index in [-0.39, 0.29) is 5.60 Å². The van der Waals surface area contributed by atoms with Crippen LogP contribution in [0.1, 0.15) is 47.0 Å². The molecule has 0 amide bonds. The fourth-order valence-electron chi connectivity index (χ4n) is 2.22. The van der Waals surface area contributed by atoms with E-state index in [4.69, 9.17) is 10.5 Å². The van der Waals surface area contributed by atoms with Gasteiger partial charge in [-0.05, 0) is 51.5 Å². The van der Waals surface area contributed by atoms with Crippen LogP contribution in [-0.2, 0) is 4.74 Å². The third-order valence-electron chi connectivity index (χ3n) is 3.37. The molecule has 1 aliphatic rings. The first kappa shape index (κ1) is 12.0. The van der Waals surface area contributed by atoms with Crippen LogP contribution < -0.4 is 5.73 Å². The number of rotatable bonds is 4. The summed E-state index contributed by atoms with van der Waals surface area (Å²) in [7, 11) is 0. The van der Waals surface area contributed by atoms with Crippen LogP contribution in [0.4, 0.5) is 0 Å². The summed E-state index contributed by atoms with van der Waals surface area (Å²) in [5.41, 5.74) is 5.86. The van der Waals surface area contributed by atoms with Crippen molar-refractivity contribution in [3.8, 4) is 0 Å². The third-order valence-corrected chi connectivity index (χ3v) is 3.37. The highest BCUT2D eigenvalue weighted by atomic mass is 16.5. The molecular weight excluding hydrogens is 174 g/mol. The standard InChI is InChI=1S/C12H25NO/c1-9(2)10(8-13)7-11-5-6-12(3,4)14-11/h9-11H,5-8,13H2,1-4H3. The van der Waals surface area contributed by atoms with Crippen molar-refractivity contribution < 1.29 is 4.74 Å². The SMILES string of the molecule is CC(C)C(CN)CC1CCC(C)(C)O1. The van der Waals surface area contributed by atoms with Crippen LogP contribution in [-0.4, -0.2) is 18.2 Å². The average molecular weight is 199 g/mol. The van der Waals surface area contributed by atoms with Crippen molar-refractivity contribution in [1.29, 1.82) is 0 Å². The monoisotopic (exact) mass is 199 g/mol. The molecule has 84 valence electrons. The van der Waals surface area contributed by atoms with E-state index in [1.165, 1.54) is 12.8 Å². The zero-order chi connectivity index (χ0) is 10.8. The molecule has 2 atom stereocenters. The lowest BCUT2D eigenvalue weighted by Crippen LogP contribution is -2.27. The fourth-order valence-corrected chi connectivity index (χ4v) is 2.22. The highest BCUT2D eigenvalue weighted by molar-refractivity contribution is 4.82. The van der Waals surface area contributed by atoms with Gasteiger partial charge in [-0.1, -0.05) is 13.8 Å². The summed E-state index contributed by atoms with van der Waals surface area (Å²) in [5.74, 6) is 1.29. The second-order valence-electron chi connectivity index (χ2n) is 5.51. The lowest BCUT2D eigenvalue weighted by Gasteiger charge is -2.24. The quantitative estimate of drug-likeness (QED) is 0.755. The Kier molecular flexibility index (Phi) is 3.96. The largest absolute Gasteiger partial charge is 0.372 e. The van der Waals surface area contributed by atoms with Crippen LogP contribution in [0.5, 0.6) is 0 Å².